The minimum Gasteiger partial charge on any atom is -0.295 e. The van der Waals surface area contributed by atoms with Crippen molar-refractivity contribution in [1.82, 2.24) is 0 Å². The summed E-state index contributed by atoms with van der Waals surface area (Å²) in [6, 6.07) is 0. The van der Waals surface area contributed by atoms with Crippen LogP contribution in [0, 0.1) is 0 Å². The van der Waals surface area contributed by atoms with Crippen LogP contribution in [0.1, 0.15) is 13.3 Å². The molecule has 2 unspecified atom stereocenters. The minimum atomic E-state index is -1.80. The van der Waals surface area contributed by atoms with Crippen LogP contribution in [-0.4, -0.2) is 35.2 Å². The molecule has 6 rings (SSSR count). The first-order valence-electron chi connectivity index (χ1n) is 6.39. The van der Waals surface area contributed by atoms with E-state index >= 15 is 0 Å². The summed E-state index contributed by atoms with van der Waals surface area (Å²) in [5.41, 5.74) is 0.798. The molecule has 6 atom stereocenters. The monoisotopic (exact) mass is 320 g/mol. The average molecular weight is 320 g/mol. The van der Waals surface area contributed by atoms with Gasteiger partial charge in [-0.05, 0) is 6.92 Å². The summed E-state index contributed by atoms with van der Waals surface area (Å²) in [6.07, 6.45) is -0.363. The molecule has 0 radical (unpaired) electrons. The molecule has 0 amide bonds. The number of fused-ring (bicyclic) bond motifs is 2. The van der Waals surface area contributed by atoms with E-state index in [0.29, 0.717) is 6.42 Å². The van der Waals surface area contributed by atoms with Crippen LogP contribution >= 0.6 is 0 Å². The summed E-state index contributed by atoms with van der Waals surface area (Å²) in [5.74, 6) is -8.18. The van der Waals surface area contributed by atoms with Gasteiger partial charge in [-0.15, -0.1) is 11.5 Å². The van der Waals surface area contributed by atoms with E-state index in [4.69, 9.17) is 43.5 Å². The number of ether oxygens (including phenoxy) is 3. The fraction of sp³-hybridized carbons (Fsp3) is 0.800. The van der Waals surface area contributed by atoms with Gasteiger partial charge in [-0.3, -0.25) is 14.2 Å². The van der Waals surface area contributed by atoms with Gasteiger partial charge in [0.1, 0.15) is 0 Å². The molecule has 0 aromatic rings. The van der Waals surface area contributed by atoms with Crippen molar-refractivity contribution in [3.8, 4) is 0 Å². The van der Waals surface area contributed by atoms with E-state index in [-0.39, 0.29) is 0 Å². The molecule has 0 aromatic heterocycles. The molecule has 0 bridgehead atoms. The molecule has 0 aliphatic carbocycles. The molecule has 6 aliphatic rings. The van der Waals surface area contributed by atoms with Gasteiger partial charge in [-0.2, -0.15) is 24.4 Å². The first-order chi connectivity index (χ1) is 10.6. The lowest BCUT2D eigenvalue weighted by Gasteiger charge is -2.35. The Morgan fingerprint density at radius 2 is 1.59 bits per heavy atom. The molecule has 6 aliphatic heterocycles. The fourth-order valence-electron chi connectivity index (χ4n) is 3.26. The van der Waals surface area contributed by atoms with Gasteiger partial charge >= 0.3 is 29.1 Å². The predicted octanol–water partition coefficient (Wildman–Crippen LogP) is -0.469. The summed E-state index contributed by atoms with van der Waals surface area (Å²) < 4.78 is 16.3. The van der Waals surface area contributed by atoms with Crippen LogP contribution in [0.15, 0.2) is 12.2 Å². The fourth-order valence-corrected chi connectivity index (χ4v) is 3.26. The van der Waals surface area contributed by atoms with E-state index in [9.17, 15) is 0 Å². The van der Waals surface area contributed by atoms with Gasteiger partial charge in [0.2, 0.25) is 0 Å². The quantitative estimate of drug-likeness (QED) is 0.372. The highest BCUT2D eigenvalue weighted by Crippen LogP contribution is 2.82. The largest absolute Gasteiger partial charge is 0.386 e. The van der Waals surface area contributed by atoms with E-state index in [1.165, 1.54) is 0 Å². The second kappa shape index (κ2) is 3.23. The van der Waals surface area contributed by atoms with Crippen LogP contribution in [0.5, 0.6) is 0 Å². The third-order valence-corrected chi connectivity index (χ3v) is 4.37. The van der Waals surface area contributed by atoms with Crippen LogP contribution in [-0.2, 0) is 58.7 Å². The lowest BCUT2D eigenvalue weighted by atomic mass is 9.89. The van der Waals surface area contributed by atoms with E-state index in [2.05, 4.69) is 21.7 Å². The third-order valence-electron chi connectivity index (χ3n) is 4.37. The van der Waals surface area contributed by atoms with Gasteiger partial charge in [0.05, 0.1) is 0 Å². The highest BCUT2D eigenvalue weighted by Gasteiger charge is 3.15. The molecule has 0 saturated carbocycles. The minimum absolute atomic E-state index is 0.355. The first kappa shape index (κ1) is 12.7. The Kier molecular flexibility index (Phi) is 1.86. The van der Waals surface area contributed by atoms with Gasteiger partial charge in [0.25, 0.3) is 0 Å². The number of hydrogen-bond donors (Lipinski definition) is 0. The summed E-state index contributed by atoms with van der Waals surface area (Å²) in [5, 5.41) is 13.6. The Hall–Kier alpha value is -0.740. The normalized spacial score (nSPS) is 63.2. The second-order valence-electron chi connectivity index (χ2n) is 5.75. The van der Waals surface area contributed by atoms with Crippen molar-refractivity contribution in [2.75, 3.05) is 0 Å². The highest BCUT2D eigenvalue weighted by molar-refractivity contribution is 5.31. The first-order valence-corrected chi connectivity index (χ1v) is 6.39. The maximum atomic E-state index is 5.60. The average Bonchev–Trinajstić information content (AvgIpc) is 2.95. The summed E-state index contributed by atoms with van der Waals surface area (Å²) in [6.45, 7) is 5.60. The van der Waals surface area contributed by atoms with Gasteiger partial charge in [0, 0.05) is 6.42 Å². The van der Waals surface area contributed by atoms with Crippen LogP contribution in [0.3, 0.4) is 0 Å². The van der Waals surface area contributed by atoms with Crippen molar-refractivity contribution in [3.63, 3.8) is 0 Å². The van der Waals surface area contributed by atoms with Crippen molar-refractivity contribution in [1.29, 1.82) is 0 Å². The molecule has 12 heteroatoms. The molecule has 3 spiro atoms. The Labute approximate surface area is 120 Å². The molecular formula is C10H8O12. The smallest absolute Gasteiger partial charge is 0.295 e. The lowest BCUT2D eigenvalue weighted by molar-refractivity contribution is -0.530. The summed E-state index contributed by atoms with van der Waals surface area (Å²) >= 11 is 0. The Balaban J connectivity index is 1.40. The predicted molar refractivity (Wildman–Crippen MR) is 49.9 cm³/mol. The van der Waals surface area contributed by atoms with E-state index in [1.807, 2.05) is 0 Å². The third kappa shape index (κ3) is 0.949. The maximum Gasteiger partial charge on any atom is 0.386 e. The number of hydrogen-bond acceptors (Lipinski definition) is 12. The SMILES string of the molecule is C=C(C)CC1OOO[C@]12O[C@@]21OOO[C@@]12OC13OOO[C@]12O3. The lowest BCUT2D eigenvalue weighted by Crippen LogP contribution is -2.71. The van der Waals surface area contributed by atoms with Gasteiger partial charge in [-0.1, -0.05) is 20.7 Å². The van der Waals surface area contributed by atoms with E-state index < -0.39 is 35.2 Å². The molecule has 120 valence electrons. The van der Waals surface area contributed by atoms with Crippen LogP contribution < -0.4 is 0 Å². The highest BCUT2D eigenvalue weighted by atomic mass is 17.6. The van der Waals surface area contributed by atoms with Crippen molar-refractivity contribution in [2.24, 2.45) is 0 Å². The van der Waals surface area contributed by atoms with Gasteiger partial charge < -0.3 is 0 Å². The maximum absolute atomic E-state index is 5.60. The molecule has 0 N–H and O–H groups in total. The Morgan fingerprint density at radius 1 is 0.864 bits per heavy atom. The van der Waals surface area contributed by atoms with Gasteiger partial charge in [0.15, 0.2) is 6.10 Å². The van der Waals surface area contributed by atoms with E-state index in [0.717, 1.165) is 5.57 Å². The molecule has 0 aromatic carbocycles. The summed E-state index contributed by atoms with van der Waals surface area (Å²) in [4.78, 5) is 30.0. The number of epoxide rings is 2. The van der Waals surface area contributed by atoms with Crippen molar-refractivity contribution < 1.29 is 58.7 Å². The zero-order chi connectivity index (χ0) is 14.8. The second-order valence-corrected chi connectivity index (χ2v) is 5.75. The zero-order valence-corrected chi connectivity index (χ0v) is 10.9. The standard InChI is InChI=1S/C10H8O12/c1-4(2)3-5-6(15-20-11-5)7(12-6)8(17-21-16-7)9-10(13-8,14-9)19-22-18-9/h5H,1,3H2,2H3/t5?,6-,7-,8+,9+,10?/m1/s1. The van der Waals surface area contributed by atoms with Crippen LogP contribution in [0.4, 0.5) is 0 Å². The van der Waals surface area contributed by atoms with Crippen molar-refractivity contribution >= 4 is 0 Å². The topological polar surface area (TPSA) is 117 Å². The molecule has 6 heterocycles. The van der Waals surface area contributed by atoms with Crippen molar-refractivity contribution in [2.45, 2.75) is 48.6 Å². The summed E-state index contributed by atoms with van der Waals surface area (Å²) in [7, 11) is 0. The molecule has 12 nitrogen and oxygen atoms in total. The molecular weight excluding hydrogens is 312 g/mol. The van der Waals surface area contributed by atoms with Crippen LogP contribution in [0.25, 0.3) is 0 Å². The molecule has 6 saturated heterocycles. The molecule has 6 fully saturated rings. The number of rotatable bonds is 2. The zero-order valence-electron chi connectivity index (χ0n) is 10.9. The van der Waals surface area contributed by atoms with Crippen LogP contribution in [0.2, 0.25) is 0 Å². The Morgan fingerprint density at radius 3 is 2.36 bits per heavy atom. The van der Waals surface area contributed by atoms with E-state index in [1.54, 1.807) is 6.92 Å². The van der Waals surface area contributed by atoms with Crippen molar-refractivity contribution in [3.05, 3.63) is 12.2 Å². The molecule has 22 heavy (non-hydrogen) atoms. The van der Waals surface area contributed by atoms with Gasteiger partial charge in [-0.25, -0.2) is 0 Å². The Bertz CT molecular complexity index is 607.